The third kappa shape index (κ3) is 6.53. The summed E-state index contributed by atoms with van der Waals surface area (Å²) in [5.41, 5.74) is 13.3. The van der Waals surface area contributed by atoms with Crippen LogP contribution >= 0.6 is 0 Å². The van der Waals surface area contributed by atoms with Gasteiger partial charge in [-0.2, -0.15) is 0 Å². The molecule has 0 fully saturated rings. The van der Waals surface area contributed by atoms with Gasteiger partial charge in [0, 0.05) is 39.5 Å². The second-order valence-corrected chi connectivity index (χ2v) is 17.7. The van der Waals surface area contributed by atoms with Crippen molar-refractivity contribution in [3.63, 3.8) is 0 Å². The van der Waals surface area contributed by atoms with E-state index in [0.717, 1.165) is 39.5 Å². The minimum Gasteiger partial charge on any atom is -0.310 e. The molecule has 0 atom stereocenters. The lowest BCUT2D eigenvalue weighted by Crippen LogP contribution is -2.16. The quantitative estimate of drug-likeness (QED) is 0.141. The Morgan fingerprint density at radius 2 is 0.869 bits per heavy atom. The molecule has 0 spiro atoms. The third-order valence-electron chi connectivity index (χ3n) is 12.9. The van der Waals surface area contributed by atoms with Crippen molar-refractivity contribution in [3.8, 4) is 11.1 Å². The first-order chi connectivity index (χ1) is 29.5. The second-order valence-electron chi connectivity index (χ2n) is 17.7. The fraction of sp³-hybridized carbons (Fsp3) is 0.158. The summed E-state index contributed by atoms with van der Waals surface area (Å²) in [6.07, 6.45) is 0. The van der Waals surface area contributed by atoms with Gasteiger partial charge in [-0.15, -0.1) is 0 Å². The average Bonchev–Trinajstić information content (AvgIpc) is 3.50. The van der Waals surface area contributed by atoms with Crippen LogP contribution < -0.4 is 9.80 Å². The first-order valence-corrected chi connectivity index (χ1v) is 21.3. The Morgan fingerprint density at radius 3 is 1.39 bits per heavy atom. The SMILES string of the molecule is CC(C)c1ccc(N(c2ccc(F)cc2)c2ccc3cc4c(cc3c2)C(C)(C)c2c-4c3ccccc3c3cc(N(c4ccc(F)cc4)c4ccc(C(C)C)cc4)ccc23)cc1. The Labute approximate surface area is 357 Å². The lowest BCUT2D eigenvalue weighted by atomic mass is 9.79. The summed E-state index contributed by atoms with van der Waals surface area (Å²) in [6.45, 7) is 13.5. The van der Waals surface area contributed by atoms with E-state index < -0.39 is 0 Å². The lowest BCUT2D eigenvalue weighted by molar-refractivity contribution is 0.627. The van der Waals surface area contributed by atoms with Gasteiger partial charge < -0.3 is 9.80 Å². The maximum Gasteiger partial charge on any atom is 0.123 e. The highest BCUT2D eigenvalue weighted by Crippen LogP contribution is 2.56. The van der Waals surface area contributed by atoms with Crippen molar-refractivity contribution in [3.05, 3.63) is 204 Å². The molecule has 0 heterocycles. The zero-order valence-corrected chi connectivity index (χ0v) is 35.5. The highest BCUT2D eigenvalue weighted by Gasteiger charge is 2.39. The molecule has 1 aliphatic carbocycles. The van der Waals surface area contributed by atoms with Crippen molar-refractivity contribution in [1.82, 2.24) is 0 Å². The maximum absolute atomic E-state index is 14.3. The molecule has 61 heavy (non-hydrogen) atoms. The van der Waals surface area contributed by atoms with E-state index in [-0.39, 0.29) is 17.0 Å². The van der Waals surface area contributed by atoms with Crippen LogP contribution in [0.5, 0.6) is 0 Å². The molecule has 0 saturated heterocycles. The molecule has 300 valence electrons. The van der Waals surface area contributed by atoms with Crippen molar-refractivity contribution < 1.29 is 8.78 Å². The molecule has 0 radical (unpaired) electrons. The fourth-order valence-corrected chi connectivity index (χ4v) is 9.62. The van der Waals surface area contributed by atoms with Crippen LogP contribution in [0.15, 0.2) is 170 Å². The number of anilines is 6. The molecule has 0 saturated carbocycles. The molecule has 0 amide bonds. The summed E-state index contributed by atoms with van der Waals surface area (Å²) in [6, 6.07) is 58.0. The van der Waals surface area contributed by atoms with E-state index >= 15 is 0 Å². The van der Waals surface area contributed by atoms with Gasteiger partial charge >= 0.3 is 0 Å². The van der Waals surface area contributed by atoms with Crippen LogP contribution in [0.1, 0.15) is 75.6 Å². The predicted octanol–water partition coefficient (Wildman–Crippen LogP) is 16.9. The Hall–Kier alpha value is -6.78. The molecular weight excluding hydrogens is 751 g/mol. The number of rotatable bonds is 8. The summed E-state index contributed by atoms with van der Waals surface area (Å²) in [5, 5.41) is 7.15. The Bertz CT molecular complexity index is 3110. The van der Waals surface area contributed by atoms with Crippen LogP contribution in [-0.4, -0.2) is 0 Å². The summed E-state index contributed by atoms with van der Waals surface area (Å²) in [4.78, 5) is 4.44. The topological polar surface area (TPSA) is 6.48 Å². The fourth-order valence-electron chi connectivity index (χ4n) is 9.62. The van der Waals surface area contributed by atoms with Gasteiger partial charge in [0.15, 0.2) is 0 Å². The van der Waals surface area contributed by atoms with Gasteiger partial charge in [0.2, 0.25) is 0 Å². The molecule has 4 heteroatoms. The molecular formula is C57H48F2N2. The number of hydrogen-bond donors (Lipinski definition) is 0. The van der Waals surface area contributed by atoms with Crippen LogP contribution in [0.4, 0.5) is 42.9 Å². The largest absolute Gasteiger partial charge is 0.310 e. The van der Waals surface area contributed by atoms with Crippen molar-refractivity contribution in [1.29, 1.82) is 0 Å². The average molecular weight is 799 g/mol. The Balaban J connectivity index is 1.13. The molecule has 9 aromatic rings. The molecule has 0 aromatic heterocycles. The maximum atomic E-state index is 14.3. The smallest absolute Gasteiger partial charge is 0.123 e. The van der Waals surface area contributed by atoms with E-state index in [1.54, 1.807) is 0 Å². The molecule has 2 nitrogen and oxygen atoms in total. The molecule has 0 N–H and O–H groups in total. The number of fused-ring (bicyclic) bond motifs is 9. The van der Waals surface area contributed by atoms with Gasteiger partial charge in [-0.3, -0.25) is 0 Å². The molecule has 9 aromatic carbocycles. The van der Waals surface area contributed by atoms with E-state index in [1.807, 2.05) is 24.3 Å². The standard InChI is InChI=1S/C57H48F2N2/c1-35(2)37-11-20-43(21-12-37)60(45-25-16-41(58)17-26-45)47-24-15-39-32-53-54(33-40(39)31-47)57(5,6)56-51-30-29-48(34-52(51)49-9-7-8-10-50(49)55(53)56)61(46-27-18-42(59)19-28-46)44-22-13-38(14-23-44)36(3)4/h7-36H,1-6H3. The van der Waals surface area contributed by atoms with E-state index in [9.17, 15) is 8.78 Å². The van der Waals surface area contributed by atoms with Crippen LogP contribution in [0.3, 0.4) is 0 Å². The minimum atomic E-state index is -0.314. The number of benzene rings is 9. The van der Waals surface area contributed by atoms with Gasteiger partial charge in [0.05, 0.1) is 0 Å². The normalized spacial score (nSPS) is 13.0. The summed E-state index contributed by atoms with van der Waals surface area (Å²) < 4.78 is 28.5. The highest BCUT2D eigenvalue weighted by molar-refractivity contribution is 6.19. The van der Waals surface area contributed by atoms with Gasteiger partial charge in [0.1, 0.15) is 11.6 Å². The number of nitrogens with zero attached hydrogens (tertiary/aromatic N) is 2. The molecule has 0 aliphatic heterocycles. The lowest BCUT2D eigenvalue weighted by Gasteiger charge is -2.28. The molecule has 10 rings (SSSR count). The molecule has 1 aliphatic rings. The minimum absolute atomic E-state index is 0.257. The second kappa shape index (κ2) is 14.7. The van der Waals surface area contributed by atoms with E-state index in [1.165, 1.54) is 84.6 Å². The van der Waals surface area contributed by atoms with E-state index in [4.69, 9.17) is 0 Å². The predicted molar refractivity (Wildman–Crippen MR) is 254 cm³/mol. The van der Waals surface area contributed by atoms with Crippen LogP contribution in [-0.2, 0) is 5.41 Å². The number of halogens is 2. The van der Waals surface area contributed by atoms with Gasteiger partial charge in [-0.1, -0.05) is 102 Å². The zero-order valence-electron chi connectivity index (χ0n) is 35.5. The Morgan fingerprint density at radius 1 is 0.410 bits per heavy atom. The van der Waals surface area contributed by atoms with Crippen molar-refractivity contribution in [2.45, 2.75) is 58.8 Å². The molecule has 0 bridgehead atoms. The van der Waals surface area contributed by atoms with Crippen LogP contribution in [0, 0.1) is 11.6 Å². The monoisotopic (exact) mass is 798 g/mol. The van der Waals surface area contributed by atoms with E-state index in [2.05, 4.69) is 173 Å². The first-order valence-electron chi connectivity index (χ1n) is 21.3. The van der Waals surface area contributed by atoms with Gasteiger partial charge in [0.25, 0.3) is 0 Å². The highest BCUT2D eigenvalue weighted by atomic mass is 19.1. The van der Waals surface area contributed by atoms with Crippen molar-refractivity contribution in [2.75, 3.05) is 9.80 Å². The van der Waals surface area contributed by atoms with Crippen LogP contribution in [0.25, 0.3) is 43.4 Å². The summed E-state index contributed by atoms with van der Waals surface area (Å²) >= 11 is 0. The third-order valence-corrected chi connectivity index (χ3v) is 12.9. The van der Waals surface area contributed by atoms with Gasteiger partial charge in [-0.25, -0.2) is 8.78 Å². The summed E-state index contributed by atoms with van der Waals surface area (Å²) in [5.74, 6) is 0.320. The molecule has 0 unspecified atom stereocenters. The Kier molecular flexibility index (Phi) is 9.29. The summed E-state index contributed by atoms with van der Waals surface area (Å²) in [7, 11) is 0. The van der Waals surface area contributed by atoms with Crippen molar-refractivity contribution >= 4 is 66.4 Å². The van der Waals surface area contributed by atoms with E-state index in [0.29, 0.717) is 11.8 Å². The first kappa shape index (κ1) is 38.4. The zero-order chi connectivity index (χ0) is 42.2. The van der Waals surface area contributed by atoms with Crippen LogP contribution in [0.2, 0.25) is 0 Å². The number of hydrogen-bond acceptors (Lipinski definition) is 2. The van der Waals surface area contributed by atoms with Crippen molar-refractivity contribution in [2.24, 2.45) is 0 Å². The van der Waals surface area contributed by atoms with Gasteiger partial charge in [-0.05, 0) is 187 Å².